The maximum atomic E-state index is 12.9. The van der Waals surface area contributed by atoms with Gasteiger partial charge in [0, 0.05) is 25.7 Å². The molecule has 0 saturated carbocycles. The Morgan fingerprint density at radius 2 is 2.30 bits per heavy atom. The molecule has 106 valence electrons. The van der Waals surface area contributed by atoms with Crippen LogP contribution in [0.2, 0.25) is 0 Å². The molecule has 0 aliphatic rings. The number of rotatable bonds is 6. The first-order valence-corrected chi connectivity index (χ1v) is 6.24. The van der Waals surface area contributed by atoms with Gasteiger partial charge in [-0.1, -0.05) is 6.07 Å². The van der Waals surface area contributed by atoms with Gasteiger partial charge < -0.3 is 10.6 Å². The summed E-state index contributed by atoms with van der Waals surface area (Å²) in [5.41, 5.74) is 0.447. The van der Waals surface area contributed by atoms with E-state index in [0.29, 0.717) is 18.7 Å². The van der Waals surface area contributed by atoms with Crippen molar-refractivity contribution < 1.29 is 9.18 Å². The zero-order valence-electron chi connectivity index (χ0n) is 11.1. The molecule has 0 radical (unpaired) electrons. The lowest BCUT2D eigenvalue weighted by Gasteiger charge is -2.06. The summed E-state index contributed by atoms with van der Waals surface area (Å²) in [7, 11) is 1.80. The maximum absolute atomic E-state index is 12.9. The van der Waals surface area contributed by atoms with Crippen LogP contribution in [0, 0.1) is 5.82 Å². The summed E-state index contributed by atoms with van der Waals surface area (Å²) in [5, 5.41) is 9.72. The Hall–Kier alpha value is -2.28. The van der Waals surface area contributed by atoms with Crippen LogP contribution in [-0.4, -0.2) is 33.8 Å². The molecule has 0 unspecified atom stereocenters. The highest BCUT2D eigenvalue weighted by Crippen LogP contribution is 2.08. The summed E-state index contributed by atoms with van der Waals surface area (Å²) in [6, 6.07) is 5.79. The van der Waals surface area contributed by atoms with E-state index in [0.717, 1.165) is 5.82 Å². The maximum Gasteiger partial charge on any atom is 0.238 e. The smallest absolute Gasteiger partial charge is 0.238 e. The van der Waals surface area contributed by atoms with Gasteiger partial charge in [0.1, 0.15) is 12.1 Å². The van der Waals surface area contributed by atoms with E-state index in [4.69, 9.17) is 0 Å². The normalized spacial score (nSPS) is 10.5. The lowest BCUT2D eigenvalue weighted by Crippen LogP contribution is -2.29. The molecule has 2 aromatic rings. The van der Waals surface area contributed by atoms with Crippen molar-refractivity contribution in [3.8, 4) is 0 Å². The fourth-order valence-corrected chi connectivity index (χ4v) is 1.67. The number of benzene rings is 1. The van der Waals surface area contributed by atoms with Crippen molar-refractivity contribution in [2.24, 2.45) is 7.05 Å². The average Bonchev–Trinajstić information content (AvgIpc) is 2.80. The largest absolute Gasteiger partial charge is 0.325 e. The minimum Gasteiger partial charge on any atom is -0.325 e. The fraction of sp³-hybridized carbons (Fsp3) is 0.308. The number of halogens is 1. The second-order valence-corrected chi connectivity index (χ2v) is 4.32. The van der Waals surface area contributed by atoms with Crippen LogP contribution >= 0.6 is 0 Å². The molecule has 1 aromatic heterocycles. The summed E-state index contributed by atoms with van der Waals surface area (Å²) in [5.74, 6) is 0.132. The SMILES string of the molecule is Cn1cnc(CCNCC(=O)Nc2cccc(F)c2)n1. The number of carbonyl (C=O) groups is 1. The van der Waals surface area contributed by atoms with E-state index in [9.17, 15) is 9.18 Å². The number of nitrogens with zero attached hydrogens (tertiary/aromatic N) is 3. The number of nitrogens with one attached hydrogen (secondary N) is 2. The molecule has 1 amide bonds. The highest BCUT2D eigenvalue weighted by molar-refractivity contribution is 5.92. The van der Waals surface area contributed by atoms with Crippen LogP contribution in [0.4, 0.5) is 10.1 Å². The molecule has 1 heterocycles. The van der Waals surface area contributed by atoms with E-state index in [1.807, 2.05) is 0 Å². The Bertz CT molecular complexity index is 584. The minimum atomic E-state index is -0.378. The van der Waals surface area contributed by atoms with Gasteiger partial charge in [0.2, 0.25) is 5.91 Å². The topological polar surface area (TPSA) is 71.8 Å². The number of anilines is 1. The van der Waals surface area contributed by atoms with Gasteiger partial charge in [-0.25, -0.2) is 9.37 Å². The second-order valence-electron chi connectivity index (χ2n) is 4.32. The third-order valence-electron chi connectivity index (χ3n) is 2.57. The highest BCUT2D eigenvalue weighted by atomic mass is 19.1. The van der Waals surface area contributed by atoms with E-state index < -0.39 is 0 Å². The molecule has 0 spiro atoms. The lowest BCUT2D eigenvalue weighted by molar-refractivity contribution is -0.115. The zero-order chi connectivity index (χ0) is 14.4. The molecule has 0 atom stereocenters. The standard InChI is InChI=1S/C13H16FN5O/c1-19-9-16-12(18-19)5-6-15-8-13(20)17-11-4-2-3-10(14)7-11/h2-4,7,9,15H,5-6,8H2,1H3,(H,17,20). The Morgan fingerprint density at radius 1 is 1.45 bits per heavy atom. The molecule has 1 aromatic carbocycles. The number of carbonyl (C=O) groups excluding carboxylic acids is 1. The molecule has 6 nitrogen and oxygen atoms in total. The first-order chi connectivity index (χ1) is 9.63. The average molecular weight is 277 g/mol. The molecular weight excluding hydrogens is 261 g/mol. The van der Waals surface area contributed by atoms with E-state index in [2.05, 4.69) is 20.7 Å². The zero-order valence-corrected chi connectivity index (χ0v) is 11.1. The molecule has 2 rings (SSSR count). The monoisotopic (exact) mass is 277 g/mol. The summed E-state index contributed by atoms with van der Waals surface area (Å²) >= 11 is 0. The van der Waals surface area contributed by atoms with Gasteiger partial charge in [-0.05, 0) is 18.2 Å². The van der Waals surface area contributed by atoms with Gasteiger partial charge in [0.25, 0.3) is 0 Å². The van der Waals surface area contributed by atoms with E-state index in [1.165, 1.54) is 12.1 Å². The fourth-order valence-electron chi connectivity index (χ4n) is 1.67. The lowest BCUT2D eigenvalue weighted by atomic mass is 10.3. The summed E-state index contributed by atoms with van der Waals surface area (Å²) < 4.78 is 14.6. The van der Waals surface area contributed by atoms with Crippen molar-refractivity contribution in [2.75, 3.05) is 18.4 Å². The van der Waals surface area contributed by atoms with Crippen molar-refractivity contribution in [3.63, 3.8) is 0 Å². The highest BCUT2D eigenvalue weighted by Gasteiger charge is 2.03. The summed E-state index contributed by atoms with van der Waals surface area (Å²) in [4.78, 5) is 15.7. The van der Waals surface area contributed by atoms with E-state index in [1.54, 1.807) is 30.2 Å². The minimum absolute atomic E-state index is 0.156. The summed E-state index contributed by atoms with van der Waals surface area (Å²) in [6.45, 7) is 0.754. The van der Waals surface area contributed by atoms with Crippen LogP contribution in [0.3, 0.4) is 0 Å². The molecule has 2 N–H and O–H groups in total. The first kappa shape index (κ1) is 14.1. The molecule has 0 aliphatic heterocycles. The third-order valence-corrected chi connectivity index (χ3v) is 2.57. The van der Waals surface area contributed by atoms with E-state index in [-0.39, 0.29) is 18.3 Å². The van der Waals surface area contributed by atoms with Crippen molar-refractivity contribution in [3.05, 3.63) is 42.2 Å². The summed E-state index contributed by atoms with van der Waals surface area (Å²) in [6.07, 6.45) is 2.28. The molecule has 0 saturated heterocycles. The number of hydrogen-bond donors (Lipinski definition) is 2. The van der Waals surface area contributed by atoms with Gasteiger partial charge in [0.05, 0.1) is 6.54 Å². The Morgan fingerprint density at radius 3 is 3.00 bits per heavy atom. The molecule has 20 heavy (non-hydrogen) atoms. The van der Waals surface area contributed by atoms with Gasteiger partial charge >= 0.3 is 0 Å². The first-order valence-electron chi connectivity index (χ1n) is 6.24. The van der Waals surface area contributed by atoms with Gasteiger partial charge in [-0.3, -0.25) is 9.48 Å². The predicted molar refractivity (Wildman–Crippen MR) is 72.6 cm³/mol. The molecule has 0 bridgehead atoms. The van der Waals surface area contributed by atoms with E-state index >= 15 is 0 Å². The van der Waals surface area contributed by atoms with Crippen LogP contribution in [0.25, 0.3) is 0 Å². The predicted octanol–water partition coefficient (Wildman–Crippen LogP) is 0.725. The number of aromatic nitrogens is 3. The Kier molecular flexibility index (Phi) is 4.78. The number of amides is 1. The van der Waals surface area contributed by atoms with Crippen molar-refractivity contribution >= 4 is 11.6 Å². The Labute approximate surface area is 116 Å². The van der Waals surface area contributed by atoms with Gasteiger partial charge in [-0.2, -0.15) is 5.10 Å². The molecule has 0 fully saturated rings. The van der Waals surface area contributed by atoms with Crippen LogP contribution in [0.1, 0.15) is 5.82 Å². The van der Waals surface area contributed by atoms with Crippen LogP contribution in [0.5, 0.6) is 0 Å². The second kappa shape index (κ2) is 6.76. The third kappa shape index (κ3) is 4.43. The molecule has 7 heteroatoms. The quantitative estimate of drug-likeness (QED) is 0.763. The van der Waals surface area contributed by atoms with Crippen LogP contribution in [-0.2, 0) is 18.3 Å². The molecule has 0 aliphatic carbocycles. The van der Waals surface area contributed by atoms with Crippen molar-refractivity contribution in [2.45, 2.75) is 6.42 Å². The van der Waals surface area contributed by atoms with Gasteiger partial charge in [0.15, 0.2) is 5.82 Å². The number of aryl methyl sites for hydroxylation is 1. The molecular formula is C13H16FN5O. The van der Waals surface area contributed by atoms with Gasteiger partial charge in [-0.15, -0.1) is 0 Å². The Balaban J connectivity index is 1.67. The van der Waals surface area contributed by atoms with Crippen molar-refractivity contribution in [1.29, 1.82) is 0 Å². The van der Waals surface area contributed by atoms with Crippen molar-refractivity contribution in [1.82, 2.24) is 20.1 Å². The number of hydrogen-bond acceptors (Lipinski definition) is 4. The van der Waals surface area contributed by atoms with Crippen LogP contribution < -0.4 is 10.6 Å². The van der Waals surface area contributed by atoms with Crippen LogP contribution in [0.15, 0.2) is 30.6 Å².